The van der Waals surface area contributed by atoms with Gasteiger partial charge in [-0.1, -0.05) is 26.1 Å². The Kier molecular flexibility index (Phi) is 5.71. The highest BCUT2D eigenvalue weighted by Crippen LogP contribution is 2.25. The summed E-state index contributed by atoms with van der Waals surface area (Å²) in [6.07, 6.45) is 3.68. The Morgan fingerprint density at radius 3 is 2.81 bits per heavy atom. The molecule has 116 valence electrons. The number of nitrogens with zero attached hydrogens (tertiary/aromatic N) is 1. The van der Waals surface area contributed by atoms with Crippen molar-refractivity contribution in [2.45, 2.75) is 39.7 Å². The van der Waals surface area contributed by atoms with Gasteiger partial charge in [-0.05, 0) is 62.4 Å². The highest BCUT2D eigenvalue weighted by molar-refractivity contribution is 7.80. The maximum Gasteiger partial charge on any atom is 0.127 e. The quantitative estimate of drug-likeness (QED) is 0.860. The highest BCUT2D eigenvalue weighted by Gasteiger charge is 2.20. The Morgan fingerprint density at radius 2 is 2.14 bits per heavy atom. The van der Waals surface area contributed by atoms with Crippen molar-refractivity contribution in [1.29, 1.82) is 0 Å². The summed E-state index contributed by atoms with van der Waals surface area (Å²) in [6.45, 7) is 7.32. The van der Waals surface area contributed by atoms with Gasteiger partial charge in [0.15, 0.2) is 0 Å². The number of benzene rings is 1. The standard InChI is InChI=1S/C17H25FN2S/c1-12(2)13-4-3-8-20(9-7-13)11-15-10-14(17(19)21)5-6-16(15)18/h5-6,10,12-13H,3-4,7-9,11H2,1-2H3,(H2,19,21). The molecule has 4 heteroatoms. The zero-order chi connectivity index (χ0) is 15.4. The molecular formula is C17H25FN2S. The monoisotopic (exact) mass is 308 g/mol. The van der Waals surface area contributed by atoms with Crippen LogP contribution in [0, 0.1) is 17.7 Å². The van der Waals surface area contributed by atoms with Gasteiger partial charge in [-0.25, -0.2) is 4.39 Å². The second-order valence-electron chi connectivity index (χ2n) is 6.38. The predicted molar refractivity (Wildman–Crippen MR) is 89.7 cm³/mol. The molecule has 1 unspecified atom stereocenters. The van der Waals surface area contributed by atoms with Crippen LogP contribution in [0.25, 0.3) is 0 Å². The van der Waals surface area contributed by atoms with Gasteiger partial charge in [-0.2, -0.15) is 0 Å². The van der Waals surface area contributed by atoms with Crippen LogP contribution >= 0.6 is 12.2 Å². The fourth-order valence-electron chi connectivity index (χ4n) is 3.10. The molecule has 21 heavy (non-hydrogen) atoms. The molecule has 1 atom stereocenters. The molecule has 0 saturated carbocycles. The lowest BCUT2D eigenvalue weighted by molar-refractivity contribution is 0.261. The van der Waals surface area contributed by atoms with Crippen molar-refractivity contribution in [2.75, 3.05) is 13.1 Å². The normalized spacial score (nSPS) is 20.5. The van der Waals surface area contributed by atoms with Gasteiger partial charge in [-0.3, -0.25) is 4.90 Å². The van der Waals surface area contributed by atoms with Crippen LogP contribution in [0.1, 0.15) is 44.2 Å². The van der Waals surface area contributed by atoms with Crippen LogP contribution in [-0.4, -0.2) is 23.0 Å². The molecular weight excluding hydrogens is 283 g/mol. The summed E-state index contributed by atoms with van der Waals surface area (Å²) in [5.41, 5.74) is 7.08. The molecule has 0 amide bonds. The summed E-state index contributed by atoms with van der Waals surface area (Å²) < 4.78 is 14.0. The van der Waals surface area contributed by atoms with Gasteiger partial charge >= 0.3 is 0 Å². The second-order valence-corrected chi connectivity index (χ2v) is 6.82. The number of thiocarbonyl (C=S) groups is 1. The van der Waals surface area contributed by atoms with E-state index in [9.17, 15) is 4.39 Å². The number of hydrogen-bond donors (Lipinski definition) is 1. The third-order valence-electron chi connectivity index (χ3n) is 4.53. The molecule has 1 aliphatic rings. The SMILES string of the molecule is CC(C)C1CCCN(Cc2cc(C(N)=S)ccc2F)CC1. The van der Waals surface area contributed by atoms with Gasteiger partial charge in [-0.15, -0.1) is 0 Å². The van der Waals surface area contributed by atoms with Crippen LogP contribution in [0.3, 0.4) is 0 Å². The molecule has 2 N–H and O–H groups in total. The first-order valence-corrected chi connectivity index (χ1v) is 8.18. The summed E-state index contributed by atoms with van der Waals surface area (Å²) in [7, 11) is 0. The minimum Gasteiger partial charge on any atom is -0.389 e. The topological polar surface area (TPSA) is 29.3 Å². The average Bonchev–Trinajstić information content (AvgIpc) is 2.66. The Bertz CT molecular complexity index is 502. The molecule has 1 saturated heterocycles. The van der Waals surface area contributed by atoms with Crippen LogP contribution in [0.15, 0.2) is 18.2 Å². The van der Waals surface area contributed by atoms with Crippen molar-refractivity contribution in [2.24, 2.45) is 17.6 Å². The largest absolute Gasteiger partial charge is 0.389 e. The third kappa shape index (κ3) is 4.48. The fourth-order valence-corrected chi connectivity index (χ4v) is 3.22. The van der Waals surface area contributed by atoms with E-state index in [1.54, 1.807) is 12.1 Å². The molecule has 0 spiro atoms. The Labute approximate surface area is 132 Å². The lowest BCUT2D eigenvalue weighted by atomic mass is 9.89. The van der Waals surface area contributed by atoms with E-state index in [-0.39, 0.29) is 5.82 Å². The minimum atomic E-state index is -0.167. The molecule has 0 bridgehead atoms. The first-order valence-electron chi connectivity index (χ1n) is 7.78. The van der Waals surface area contributed by atoms with Gasteiger partial charge in [0, 0.05) is 17.7 Å². The molecule has 0 aromatic heterocycles. The molecule has 1 aliphatic heterocycles. The summed E-state index contributed by atoms with van der Waals surface area (Å²) in [4.78, 5) is 2.68. The lowest BCUT2D eigenvalue weighted by Gasteiger charge is -2.21. The van der Waals surface area contributed by atoms with Gasteiger partial charge in [0.25, 0.3) is 0 Å². The zero-order valence-corrected chi connectivity index (χ0v) is 13.8. The fraction of sp³-hybridized carbons (Fsp3) is 0.588. The number of nitrogens with two attached hydrogens (primary N) is 1. The first kappa shape index (κ1) is 16.4. The maximum absolute atomic E-state index is 14.0. The Balaban J connectivity index is 2.04. The van der Waals surface area contributed by atoms with E-state index >= 15 is 0 Å². The second kappa shape index (κ2) is 7.32. The van der Waals surface area contributed by atoms with Crippen molar-refractivity contribution < 1.29 is 4.39 Å². The lowest BCUT2D eigenvalue weighted by Crippen LogP contribution is -2.25. The van der Waals surface area contributed by atoms with Crippen LogP contribution < -0.4 is 5.73 Å². The van der Waals surface area contributed by atoms with Crippen molar-refractivity contribution in [3.8, 4) is 0 Å². The Hall–Kier alpha value is -1.00. The molecule has 1 heterocycles. The van der Waals surface area contributed by atoms with E-state index < -0.39 is 0 Å². The molecule has 1 aromatic carbocycles. The Morgan fingerprint density at radius 1 is 1.38 bits per heavy atom. The zero-order valence-electron chi connectivity index (χ0n) is 12.9. The number of hydrogen-bond acceptors (Lipinski definition) is 2. The summed E-state index contributed by atoms with van der Waals surface area (Å²) in [5, 5.41) is 0. The van der Waals surface area contributed by atoms with Gasteiger partial charge in [0.1, 0.15) is 10.8 Å². The van der Waals surface area contributed by atoms with E-state index in [0.29, 0.717) is 17.1 Å². The molecule has 2 nitrogen and oxygen atoms in total. The van der Waals surface area contributed by atoms with E-state index in [1.807, 2.05) is 0 Å². The van der Waals surface area contributed by atoms with Crippen molar-refractivity contribution in [3.05, 3.63) is 35.1 Å². The van der Waals surface area contributed by atoms with Crippen molar-refractivity contribution >= 4 is 17.2 Å². The molecule has 0 aliphatic carbocycles. The third-order valence-corrected chi connectivity index (χ3v) is 4.77. The van der Waals surface area contributed by atoms with Gasteiger partial charge < -0.3 is 5.73 Å². The van der Waals surface area contributed by atoms with Gasteiger partial charge in [0.2, 0.25) is 0 Å². The van der Waals surface area contributed by atoms with Crippen molar-refractivity contribution in [1.82, 2.24) is 4.90 Å². The smallest absolute Gasteiger partial charge is 0.127 e. The van der Waals surface area contributed by atoms with Crippen molar-refractivity contribution in [3.63, 3.8) is 0 Å². The highest BCUT2D eigenvalue weighted by atomic mass is 32.1. The van der Waals surface area contributed by atoms with Crippen LogP contribution in [0.5, 0.6) is 0 Å². The molecule has 1 aromatic rings. The maximum atomic E-state index is 14.0. The van der Waals surface area contributed by atoms with E-state index in [4.69, 9.17) is 18.0 Å². The van der Waals surface area contributed by atoms with E-state index in [2.05, 4.69) is 18.7 Å². The summed E-state index contributed by atoms with van der Waals surface area (Å²) >= 11 is 4.98. The summed E-state index contributed by atoms with van der Waals surface area (Å²) in [6, 6.07) is 4.92. The van der Waals surface area contributed by atoms with Crippen LogP contribution in [0.4, 0.5) is 4.39 Å². The van der Waals surface area contributed by atoms with E-state index in [1.165, 1.54) is 25.3 Å². The molecule has 1 fully saturated rings. The van der Waals surface area contributed by atoms with E-state index in [0.717, 1.165) is 30.5 Å². The number of likely N-dealkylation sites (tertiary alicyclic amines) is 1. The van der Waals surface area contributed by atoms with Gasteiger partial charge in [0.05, 0.1) is 0 Å². The first-order chi connectivity index (χ1) is 9.97. The average molecular weight is 308 g/mol. The molecule has 2 rings (SSSR count). The van der Waals surface area contributed by atoms with Crippen LogP contribution in [0.2, 0.25) is 0 Å². The number of rotatable bonds is 4. The number of halogens is 1. The molecule has 0 radical (unpaired) electrons. The predicted octanol–water partition coefficient (Wildman–Crippen LogP) is 3.72. The van der Waals surface area contributed by atoms with Crippen LogP contribution in [-0.2, 0) is 6.54 Å². The summed E-state index contributed by atoms with van der Waals surface area (Å²) in [5.74, 6) is 1.36. The minimum absolute atomic E-state index is 0.167.